The van der Waals surface area contributed by atoms with Crippen LogP contribution in [0.15, 0.2) is 12.1 Å². The number of rotatable bonds is 5. The normalized spacial score (nSPS) is 19.1. The molecule has 3 heteroatoms. The topological polar surface area (TPSA) is 35.8 Å². The van der Waals surface area contributed by atoms with Crippen LogP contribution in [0.25, 0.3) is 0 Å². The van der Waals surface area contributed by atoms with Crippen molar-refractivity contribution in [3.8, 4) is 6.07 Å². The molecular weight excluding hydrogens is 216 g/mol. The lowest BCUT2D eigenvalue weighted by Gasteiger charge is -2.17. The van der Waals surface area contributed by atoms with Gasteiger partial charge in [-0.3, -0.25) is 0 Å². The van der Waals surface area contributed by atoms with Crippen molar-refractivity contribution in [1.82, 2.24) is 5.32 Å². The molecular formula is C13H18N2S. The van der Waals surface area contributed by atoms with Crippen LogP contribution in [0.2, 0.25) is 0 Å². The fourth-order valence-corrected chi connectivity index (χ4v) is 2.82. The minimum atomic E-state index is 0.301. The first kappa shape index (κ1) is 11.6. The Hall–Kier alpha value is -0.850. The molecule has 0 spiro atoms. The zero-order valence-corrected chi connectivity index (χ0v) is 10.7. The third-order valence-corrected chi connectivity index (χ3v) is 4.57. The van der Waals surface area contributed by atoms with Crippen LogP contribution in [0.4, 0.5) is 0 Å². The summed E-state index contributed by atoms with van der Waals surface area (Å²) in [5, 5.41) is 12.3. The highest BCUT2D eigenvalue weighted by atomic mass is 32.1. The van der Waals surface area contributed by atoms with E-state index >= 15 is 0 Å². The smallest absolute Gasteiger partial charge is 0.0628 e. The molecule has 1 aromatic heterocycles. The molecule has 1 fully saturated rings. The Morgan fingerprint density at radius 3 is 2.81 bits per heavy atom. The summed E-state index contributed by atoms with van der Waals surface area (Å²) in [6, 6.07) is 7.08. The van der Waals surface area contributed by atoms with Crippen LogP contribution in [-0.4, -0.2) is 6.54 Å². The van der Waals surface area contributed by atoms with E-state index in [1.165, 1.54) is 22.6 Å². The van der Waals surface area contributed by atoms with Crippen molar-refractivity contribution < 1.29 is 0 Å². The molecule has 0 saturated heterocycles. The van der Waals surface area contributed by atoms with Gasteiger partial charge in [-0.1, -0.05) is 0 Å². The number of hydrogen-bond donors (Lipinski definition) is 1. The van der Waals surface area contributed by atoms with Gasteiger partial charge in [0.05, 0.1) is 6.07 Å². The average molecular weight is 234 g/mol. The Balaban J connectivity index is 1.85. The summed E-state index contributed by atoms with van der Waals surface area (Å²) in [7, 11) is 0. The summed E-state index contributed by atoms with van der Waals surface area (Å²) >= 11 is 1.85. The second kappa shape index (κ2) is 4.57. The number of nitrogens with zero attached hydrogens (tertiary/aromatic N) is 1. The Labute approximate surface area is 101 Å². The van der Waals surface area contributed by atoms with Crippen molar-refractivity contribution in [2.75, 3.05) is 6.54 Å². The molecule has 0 amide bonds. The summed E-state index contributed by atoms with van der Waals surface area (Å²) in [5.74, 6) is 0. The van der Waals surface area contributed by atoms with Gasteiger partial charge in [0.15, 0.2) is 0 Å². The van der Waals surface area contributed by atoms with Gasteiger partial charge in [-0.25, -0.2) is 0 Å². The van der Waals surface area contributed by atoms with Gasteiger partial charge in [0.25, 0.3) is 0 Å². The lowest BCUT2D eigenvalue weighted by atomic mass is 10.0. The van der Waals surface area contributed by atoms with Crippen LogP contribution in [-0.2, 0) is 0 Å². The Kier molecular flexibility index (Phi) is 3.32. The maximum Gasteiger partial charge on any atom is 0.0628 e. The van der Waals surface area contributed by atoms with Crippen molar-refractivity contribution in [3.63, 3.8) is 0 Å². The van der Waals surface area contributed by atoms with Gasteiger partial charge in [0, 0.05) is 28.8 Å². The molecule has 2 nitrogen and oxygen atoms in total. The summed E-state index contributed by atoms with van der Waals surface area (Å²) < 4.78 is 0. The highest BCUT2D eigenvalue weighted by Gasteiger charge is 2.42. The number of nitrogens with one attached hydrogen (secondary N) is 1. The van der Waals surface area contributed by atoms with Crippen molar-refractivity contribution in [2.45, 2.75) is 39.2 Å². The maximum absolute atomic E-state index is 8.75. The lowest BCUT2D eigenvalue weighted by Crippen LogP contribution is -2.26. The first-order valence-corrected chi connectivity index (χ1v) is 6.64. The first-order valence-electron chi connectivity index (χ1n) is 5.82. The zero-order valence-electron chi connectivity index (χ0n) is 9.92. The highest BCUT2D eigenvalue weighted by molar-refractivity contribution is 7.12. The molecule has 1 aliphatic carbocycles. The van der Waals surface area contributed by atoms with Crippen LogP contribution < -0.4 is 5.32 Å². The summed E-state index contributed by atoms with van der Waals surface area (Å²) in [5.41, 5.74) is 0.301. The molecule has 0 aromatic carbocycles. The second-order valence-electron chi connectivity index (χ2n) is 4.89. The van der Waals surface area contributed by atoms with Crippen LogP contribution in [0.3, 0.4) is 0 Å². The van der Waals surface area contributed by atoms with Gasteiger partial charge in [-0.2, -0.15) is 5.26 Å². The maximum atomic E-state index is 8.75. The third-order valence-electron chi connectivity index (χ3n) is 3.38. The Morgan fingerprint density at radius 1 is 1.56 bits per heavy atom. The fourth-order valence-electron chi connectivity index (χ4n) is 1.92. The molecule has 1 N–H and O–H groups in total. The number of aryl methyl sites for hydroxylation is 1. The standard InChI is InChI=1S/C13H18N2S/c1-10-3-4-12(16-10)11(2)15-9-13(5-6-13)7-8-14/h3-4,11,15H,5-7,9H2,1-2H3. The Bertz CT molecular complexity index is 398. The fraction of sp³-hybridized carbons (Fsp3) is 0.615. The molecule has 1 atom stereocenters. The van der Waals surface area contributed by atoms with Gasteiger partial charge < -0.3 is 5.32 Å². The van der Waals surface area contributed by atoms with E-state index in [-0.39, 0.29) is 0 Å². The quantitative estimate of drug-likeness (QED) is 0.847. The van der Waals surface area contributed by atoms with Gasteiger partial charge in [-0.05, 0) is 44.2 Å². The predicted octanol–water partition coefficient (Wildman–Crippen LogP) is 3.40. The second-order valence-corrected chi connectivity index (χ2v) is 6.21. The minimum absolute atomic E-state index is 0.301. The monoisotopic (exact) mass is 234 g/mol. The molecule has 1 unspecified atom stereocenters. The van der Waals surface area contributed by atoms with E-state index in [2.05, 4.69) is 37.4 Å². The largest absolute Gasteiger partial charge is 0.309 e. The van der Waals surface area contributed by atoms with Crippen molar-refractivity contribution in [1.29, 1.82) is 5.26 Å². The van der Waals surface area contributed by atoms with Crippen molar-refractivity contribution in [2.24, 2.45) is 5.41 Å². The van der Waals surface area contributed by atoms with Crippen LogP contribution in [0.5, 0.6) is 0 Å². The van der Waals surface area contributed by atoms with Crippen LogP contribution >= 0.6 is 11.3 Å². The van der Waals surface area contributed by atoms with E-state index in [4.69, 9.17) is 5.26 Å². The van der Waals surface area contributed by atoms with Crippen molar-refractivity contribution in [3.05, 3.63) is 21.9 Å². The minimum Gasteiger partial charge on any atom is -0.309 e. The van der Waals surface area contributed by atoms with Crippen LogP contribution in [0.1, 0.15) is 42.0 Å². The SMILES string of the molecule is Cc1ccc(C(C)NCC2(CC#N)CC2)s1. The number of nitriles is 1. The van der Waals surface area contributed by atoms with E-state index < -0.39 is 0 Å². The van der Waals surface area contributed by atoms with E-state index in [0.717, 1.165) is 6.54 Å². The molecule has 16 heavy (non-hydrogen) atoms. The van der Waals surface area contributed by atoms with Gasteiger partial charge >= 0.3 is 0 Å². The zero-order chi connectivity index (χ0) is 11.6. The molecule has 0 bridgehead atoms. The predicted molar refractivity (Wildman–Crippen MR) is 67.4 cm³/mol. The summed E-state index contributed by atoms with van der Waals surface area (Å²) in [4.78, 5) is 2.76. The molecule has 2 rings (SSSR count). The molecule has 1 aliphatic rings. The summed E-state index contributed by atoms with van der Waals surface area (Å²) in [6.07, 6.45) is 3.13. The molecule has 1 aromatic rings. The third kappa shape index (κ3) is 2.63. The summed E-state index contributed by atoms with van der Waals surface area (Å²) in [6.45, 7) is 5.32. The van der Waals surface area contributed by atoms with Crippen molar-refractivity contribution >= 4 is 11.3 Å². The van der Waals surface area contributed by atoms with E-state index in [1.807, 2.05) is 11.3 Å². The van der Waals surface area contributed by atoms with Gasteiger partial charge in [0.2, 0.25) is 0 Å². The molecule has 86 valence electrons. The lowest BCUT2D eigenvalue weighted by molar-refractivity contribution is 0.435. The molecule has 0 aliphatic heterocycles. The molecule has 1 saturated carbocycles. The molecule has 0 radical (unpaired) electrons. The van der Waals surface area contributed by atoms with E-state index in [9.17, 15) is 0 Å². The first-order chi connectivity index (χ1) is 7.65. The molecule has 1 heterocycles. The van der Waals surface area contributed by atoms with Gasteiger partial charge in [-0.15, -0.1) is 11.3 Å². The number of hydrogen-bond acceptors (Lipinski definition) is 3. The highest BCUT2D eigenvalue weighted by Crippen LogP contribution is 2.48. The van der Waals surface area contributed by atoms with E-state index in [0.29, 0.717) is 17.9 Å². The van der Waals surface area contributed by atoms with E-state index in [1.54, 1.807) is 0 Å². The number of thiophene rings is 1. The Morgan fingerprint density at radius 2 is 2.31 bits per heavy atom. The average Bonchev–Trinajstić information content (AvgIpc) is 2.89. The van der Waals surface area contributed by atoms with Crippen LogP contribution in [0, 0.1) is 23.7 Å². The van der Waals surface area contributed by atoms with Gasteiger partial charge in [0.1, 0.15) is 0 Å².